The van der Waals surface area contributed by atoms with E-state index in [-0.39, 0.29) is 22.8 Å². The van der Waals surface area contributed by atoms with Crippen LogP contribution in [0, 0.1) is 11.2 Å². The van der Waals surface area contributed by atoms with Crippen LogP contribution in [0.3, 0.4) is 0 Å². The Morgan fingerprint density at radius 3 is 2.53 bits per heavy atom. The molecule has 1 unspecified atom stereocenters. The van der Waals surface area contributed by atoms with E-state index in [1.165, 1.54) is 11.0 Å². The molecule has 2 rings (SSSR count). The van der Waals surface area contributed by atoms with E-state index in [2.05, 4.69) is 0 Å². The monoisotopic (exact) mass is 280 g/mol. The molecule has 0 bridgehead atoms. The molecule has 1 atom stereocenters. The second-order valence-electron chi connectivity index (χ2n) is 5.06. The Kier molecular flexibility index (Phi) is 3.58. The zero-order valence-corrected chi connectivity index (χ0v) is 11.8. The van der Waals surface area contributed by atoms with Crippen LogP contribution in [-0.2, 0) is 4.79 Å². The van der Waals surface area contributed by atoms with E-state index in [1.807, 2.05) is 0 Å². The van der Waals surface area contributed by atoms with Gasteiger partial charge in [-0.05, 0) is 25.8 Å². The van der Waals surface area contributed by atoms with Gasteiger partial charge in [-0.25, -0.2) is 4.39 Å². The molecule has 1 amide bonds. The smallest absolute Gasteiger partial charge is 0.235 e. The summed E-state index contributed by atoms with van der Waals surface area (Å²) in [6.07, 6.45) is 1.38. The lowest BCUT2D eigenvalue weighted by atomic mass is 10.0. The summed E-state index contributed by atoms with van der Waals surface area (Å²) in [5.41, 5.74) is 5.46. The molecule has 1 aliphatic rings. The van der Waals surface area contributed by atoms with Gasteiger partial charge in [0.1, 0.15) is 5.82 Å². The molecule has 0 spiro atoms. The largest absolute Gasteiger partial charge is 0.392 e. The van der Waals surface area contributed by atoms with Crippen LogP contribution in [0.5, 0.6) is 0 Å². The van der Waals surface area contributed by atoms with Gasteiger partial charge < -0.3 is 10.6 Å². The van der Waals surface area contributed by atoms with Crippen molar-refractivity contribution in [2.45, 2.75) is 25.8 Å². The summed E-state index contributed by atoms with van der Waals surface area (Å²) in [6, 6.07) is 6.12. The summed E-state index contributed by atoms with van der Waals surface area (Å²) < 4.78 is 13.7. The van der Waals surface area contributed by atoms with Crippen molar-refractivity contribution in [3.8, 4) is 0 Å². The quantitative estimate of drug-likeness (QED) is 0.862. The fourth-order valence-corrected chi connectivity index (χ4v) is 2.52. The molecule has 0 saturated heterocycles. The summed E-state index contributed by atoms with van der Waals surface area (Å²) in [7, 11) is 1.66. The van der Waals surface area contributed by atoms with Crippen LogP contribution in [0.4, 0.5) is 4.39 Å². The van der Waals surface area contributed by atoms with Crippen molar-refractivity contribution in [1.29, 1.82) is 0 Å². The lowest BCUT2D eigenvalue weighted by Crippen LogP contribution is -2.42. The molecule has 1 aromatic carbocycles. The Morgan fingerprint density at radius 2 is 2.05 bits per heavy atom. The van der Waals surface area contributed by atoms with Gasteiger partial charge in [-0.2, -0.15) is 0 Å². The predicted octanol–water partition coefficient (Wildman–Crippen LogP) is 2.41. The molecule has 1 aliphatic carbocycles. The van der Waals surface area contributed by atoms with Gasteiger partial charge in [0.15, 0.2) is 0 Å². The highest BCUT2D eigenvalue weighted by Crippen LogP contribution is 2.48. The van der Waals surface area contributed by atoms with Crippen LogP contribution in [-0.4, -0.2) is 22.8 Å². The normalized spacial score (nSPS) is 17.6. The van der Waals surface area contributed by atoms with E-state index in [4.69, 9.17) is 18.0 Å². The first kappa shape index (κ1) is 13.9. The Morgan fingerprint density at radius 1 is 1.47 bits per heavy atom. The number of rotatable bonds is 4. The first-order valence-corrected chi connectivity index (χ1v) is 6.62. The maximum Gasteiger partial charge on any atom is 0.235 e. The molecule has 5 heteroatoms. The van der Waals surface area contributed by atoms with Crippen molar-refractivity contribution >= 4 is 23.1 Å². The molecule has 3 nitrogen and oxygen atoms in total. The van der Waals surface area contributed by atoms with Crippen LogP contribution in [0.25, 0.3) is 0 Å². The average Bonchev–Trinajstić information content (AvgIpc) is 3.18. The van der Waals surface area contributed by atoms with Gasteiger partial charge >= 0.3 is 0 Å². The standard InChI is InChI=1S/C14H17FN2OS/c1-9(10-5-3-4-6-11(10)15)17(2)13(18)14(7-8-14)12(16)19/h3-6,9H,7-8H2,1-2H3,(H2,16,19). The first-order valence-electron chi connectivity index (χ1n) is 6.22. The molecule has 0 aliphatic heterocycles. The third kappa shape index (κ3) is 2.34. The molecule has 1 aromatic rings. The maximum atomic E-state index is 13.7. The topological polar surface area (TPSA) is 46.3 Å². The number of nitrogens with zero attached hydrogens (tertiary/aromatic N) is 1. The molecule has 0 aromatic heterocycles. The Balaban J connectivity index is 2.21. The fraction of sp³-hybridized carbons (Fsp3) is 0.429. The SMILES string of the molecule is CC(c1ccccc1F)N(C)C(=O)C1(C(N)=S)CC1. The van der Waals surface area contributed by atoms with Gasteiger partial charge in [0.25, 0.3) is 0 Å². The molecule has 0 heterocycles. The van der Waals surface area contributed by atoms with Crippen molar-refractivity contribution in [3.05, 3.63) is 35.6 Å². The molecule has 1 saturated carbocycles. The van der Waals surface area contributed by atoms with Crippen molar-refractivity contribution in [2.24, 2.45) is 11.1 Å². The number of hydrogen-bond donors (Lipinski definition) is 1. The number of thiocarbonyl (C=S) groups is 1. The minimum Gasteiger partial charge on any atom is -0.392 e. The number of hydrogen-bond acceptors (Lipinski definition) is 2. The third-order valence-corrected chi connectivity index (χ3v) is 4.28. The zero-order chi connectivity index (χ0) is 14.2. The lowest BCUT2D eigenvalue weighted by molar-refractivity contribution is -0.135. The fourth-order valence-electron chi connectivity index (χ4n) is 2.23. The average molecular weight is 280 g/mol. The molecule has 19 heavy (non-hydrogen) atoms. The highest BCUT2D eigenvalue weighted by atomic mass is 32.1. The van der Waals surface area contributed by atoms with E-state index in [0.29, 0.717) is 18.4 Å². The van der Waals surface area contributed by atoms with Crippen molar-refractivity contribution in [2.75, 3.05) is 7.05 Å². The summed E-state index contributed by atoms with van der Waals surface area (Å²) in [5, 5.41) is 0. The molecule has 2 N–H and O–H groups in total. The third-order valence-electron chi connectivity index (χ3n) is 3.89. The molecular weight excluding hydrogens is 263 g/mol. The number of halogens is 1. The van der Waals surface area contributed by atoms with Crippen LogP contribution < -0.4 is 5.73 Å². The van der Waals surface area contributed by atoms with Crippen molar-refractivity contribution in [1.82, 2.24) is 4.90 Å². The van der Waals surface area contributed by atoms with Gasteiger partial charge in [-0.3, -0.25) is 4.79 Å². The summed E-state index contributed by atoms with van der Waals surface area (Å²) in [4.78, 5) is 14.2. The van der Waals surface area contributed by atoms with Gasteiger partial charge in [-0.1, -0.05) is 30.4 Å². The minimum atomic E-state index is -0.691. The molecule has 0 radical (unpaired) electrons. The Hall–Kier alpha value is -1.49. The van der Waals surface area contributed by atoms with Crippen LogP contribution in [0.1, 0.15) is 31.4 Å². The molecule has 1 fully saturated rings. The number of carbonyl (C=O) groups excluding carboxylic acids is 1. The Bertz CT molecular complexity index is 528. The van der Waals surface area contributed by atoms with E-state index in [0.717, 1.165) is 0 Å². The van der Waals surface area contributed by atoms with E-state index in [9.17, 15) is 9.18 Å². The van der Waals surface area contributed by atoms with Crippen LogP contribution in [0.15, 0.2) is 24.3 Å². The first-order chi connectivity index (χ1) is 8.90. The summed E-state index contributed by atoms with van der Waals surface area (Å²) >= 11 is 4.97. The predicted molar refractivity (Wildman–Crippen MR) is 76.0 cm³/mol. The number of carbonyl (C=O) groups is 1. The van der Waals surface area contributed by atoms with E-state index >= 15 is 0 Å². The van der Waals surface area contributed by atoms with Crippen LogP contribution in [0.2, 0.25) is 0 Å². The maximum absolute atomic E-state index is 13.7. The highest BCUT2D eigenvalue weighted by molar-refractivity contribution is 7.80. The molecular formula is C14H17FN2OS. The van der Waals surface area contributed by atoms with Crippen molar-refractivity contribution < 1.29 is 9.18 Å². The van der Waals surface area contributed by atoms with Crippen LogP contribution >= 0.6 is 12.2 Å². The number of amides is 1. The Labute approximate surface area is 117 Å². The van der Waals surface area contributed by atoms with Gasteiger partial charge in [0, 0.05) is 12.6 Å². The van der Waals surface area contributed by atoms with E-state index < -0.39 is 5.41 Å². The van der Waals surface area contributed by atoms with Crippen molar-refractivity contribution in [3.63, 3.8) is 0 Å². The van der Waals surface area contributed by atoms with E-state index in [1.54, 1.807) is 32.2 Å². The minimum absolute atomic E-state index is 0.115. The number of benzene rings is 1. The second kappa shape index (κ2) is 4.89. The lowest BCUT2D eigenvalue weighted by Gasteiger charge is -2.29. The van der Waals surface area contributed by atoms with Gasteiger partial charge in [0.2, 0.25) is 5.91 Å². The van der Waals surface area contributed by atoms with Gasteiger partial charge in [0.05, 0.1) is 16.4 Å². The summed E-state index contributed by atoms with van der Waals surface area (Å²) in [6.45, 7) is 1.80. The van der Waals surface area contributed by atoms with Gasteiger partial charge in [-0.15, -0.1) is 0 Å². The zero-order valence-electron chi connectivity index (χ0n) is 11.0. The summed E-state index contributed by atoms with van der Waals surface area (Å²) in [5.74, 6) is -0.425. The number of nitrogens with two attached hydrogens (primary N) is 1. The molecule has 102 valence electrons. The highest BCUT2D eigenvalue weighted by Gasteiger charge is 2.54. The second-order valence-corrected chi connectivity index (χ2v) is 5.50.